The Labute approximate surface area is 107 Å². The molecule has 0 bridgehead atoms. The van der Waals surface area contributed by atoms with E-state index in [1.54, 1.807) is 18.2 Å². The van der Waals surface area contributed by atoms with E-state index in [2.05, 4.69) is 20.9 Å². The minimum atomic E-state index is 0.536. The summed E-state index contributed by atoms with van der Waals surface area (Å²) in [7, 11) is 0. The summed E-state index contributed by atoms with van der Waals surface area (Å²) in [4.78, 5) is 4.28. The summed E-state index contributed by atoms with van der Waals surface area (Å²) in [6.45, 7) is 1.91. The number of hydrogen-bond acceptors (Lipinski definition) is 2. The van der Waals surface area contributed by atoms with Crippen molar-refractivity contribution < 1.29 is 4.74 Å². The van der Waals surface area contributed by atoms with E-state index in [1.807, 2.05) is 25.1 Å². The van der Waals surface area contributed by atoms with Gasteiger partial charge >= 0.3 is 0 Å². The summed E-state index contributed by atoms with van der Waals surface area (Å²) >= 11 is 9.37. The Balaban J connectivity index is 2.28. The fourth-order valence-electron chi connectivity index (χ4n) is 1.22. The van der Waals surface area contributed by atoms with Gasteiger partial charge in [-0.05, 0) is 41.1 Å². The molecule has 82 valence electrons. The van der Waals surface area contributed by atoms with Crippen LogP contribution in [0.25, 0.3) is 0 Å². The Bertz CT molecular complexity index is 516. The molecule has 2 aromatic rings. The van der Waals surface area contributed by atoms with Crippen LogP contribution < -0.4 is 4.74 Å². The lowest BCUT2D eigenvalue weighted by Crippen LogP contribution is -1.90. The van der Waals surface area contributed by atoms with E-state index >= 15 is 0 Å². The second-order valence-electron chi connectivity index (χ2n) is 3.25. The van der Waals surface area contributed by atoms with Crippen molar-refractivity contribution in [2.45, 2.75) is 6.92 Å². The fraction of sp³-hybridized carbons (Fsp3) is 0.0833. The lowest BCUT2D eigenvalue weighted by atomic mass is 10.3. The molecule has 0 atom stereocenters. The Morgan fingerprint density at radius 3 is 2.62 bits per heavy atom. The van der Waals surface area contributed by atoms with Crippen molar-refractivity contribution in [3.63, 3.8) is 0 Å². The molecule has 0 amide bonds. The van der Waals surface area contributed by atoms with Crippen LogP contribution in [0.3, 0.4) is 0 Å². The second kappa shape index (κ2) is 4.85. The summed E-state index contributed by atoms with van der Waals surface area (Å²) in [5.74, 6) is 1.15. The first kappa shape index (κ1) is 11.4. The van der Waals surface area contributed by atoms with Crippen LogP contribution in [0, 0.1) is 6.92 Å². The summed E-state index contributed by atoms with van der Waals surface area (Å²) in [6, 6.07) is 11.0. The first-order valence-corrected chi connectivity index (χ1v) is 5.89. The largest absolute Gasteiger partial charge is 0.437 e. The number of aryl methyl sites for hydroxylation is 1. The highest BCUT2D eigenvalue weighted by Crippen LogP contribution is 2.28. The van der Waals surface area contributed by atoms with Crippen molar-refractivity contribution in [1.29, 1.82) is 0 Å². The van der Waals surface area contributed by atoms with E-state index in [0.717, 1.165) is 10.2 Å². The molecule has 0 aliphatic heterocycles. The molecule has 0 radical (unpaired) electrons. The molecule has 0 spiro atoms. The van der Waals surface area contributed by atoms with Gasteiger partial charge in [-0.15, -0.1) is 0 Å². The molecule has 2 rings (SSSR count). The Kier molecular flexibility index (Phi) is 3.46. The average Bonchev–Trinajstić information content (AvgIpc) is 2.27. The van der Waals surface area contributed by atoms with Crippen LogP contribution in [0.15, 0.2) is 40.9 Å². The quantitative estimate of drug-likeness (QED) is 0.808. The van der Waals surface area contributed by atoms with Crippen molar-refractivity contribution in [2.24, 2.45) is 0 Å². The molecule has 1 aromatic carbocycles. The number of halogens is 2. The third kappa shape index (κ3) is 2.54. The molecule has 0 N–H and O–H groups in total. The van der Waals surface area contributed by atoms with E-state index in [0.29, 0.717) is 16.7 Å². The van der Waals surface area contributed by atoms with Gasteiger partial charge in [-0.2, -0.15) is 0 Å². The van der Waals surface area contributed by atoms with E-state index in [1.165, 1.54) is 0 Å². The minimum Gasteiger partial charge on any atom is -0.437 e. The van der Waals surface area contributed by atoms with Crippen molar-refractivity contribution in [3.8, 4) is 11.6 Å². The van der Waals surface area contributed by atoms with Crippen molar-refractivity contribution in [2.75, 3.05) is 0 Å². The Morgan fingerprint density at radius 2 is 1.94 bits per heavy atom. The number of aromatic nitrogens is 1. The van der Waals surface area contributed by atoms with Crippen LogP contribution in [0.2, 0.25) is 5.02 Å². The molecule has 1 aromatic heterocycles. The molecule has 4 heteroatoms. The second-order valence-corrected chi connectivity index (χ2v) is 4.51. The number of nitrogens with zero attached hydrogens (tertiary/aromatic N) is 1. The molecule has 0 aliphatic rings. The van der Waals surface area contributed by atoms with Crippen LogP contribution in [0.4, 0.5) is 0 Å². The summed E-state index contributed by atoms with van der Waals surface area (Å²) < 4.78 is 6.54. The Morgan fingerprint density at radius 1 is 1.19 bits per heavy atom. The zero-order valence-electron chi connectivity index (χ0n) is 8.58. The van der Waals surface area contributed by atoms with E-state index in [4.69, 9.17) is 16.3 Å². The molecule has 0 saturated carbocycles. The van der Waals surface area contributed by atoms with Crippen LogP contribution in [0.5, 0.6) is 11.6 Å². The number of para-hydroxylation sites is 1. The molecule has 0 unspecified atom stereocenters. The predicted molar refractivity (Wildman–Crippen MR) is 68.2 cm³/mol. The first-order chi connectivity index (χ1) is 7.66. The lowest BCUT2D eigenvalue weighted by Gasteiger charge is -2.07. The number of pyridine rings is 1. The molecule has 16 heavy (non-hydrogen) atoms. The molecular weight excluding hydrogens is 289 g/mol. The van der Waals surface area contributed by atoms with Crippen molar-refractivity contribution >= 4 is 27.5 Å². The van der Waals surface area contributed by atoms with E-state index in [9.17, 15) is 0 Å². The summed E-state index contributed by atoms with van der Waals surface area (Å²) in [6.07, 6.45) is 0. The van der Waals surface area contributed by atoms with Crippen LogP contribution >= 0.6 is 27.5 Å². The normalized spacial score (nSPS) is 10.2. The van der Waals surface area contributed by atoms with E-state index in [-0.39, 0.29) is 0 Å². The third-order valence-electron chi connectivity index (χ3n) is 2.05. The highest BCUT2D eigenvalue weighted by molar-refractivity contribution is 9.10. The molecule has 1 heterocycles. The van der Waals surface area contributed by atoms with Crippen LogP contribution in [-0.2, 0) is 0 Å². The molecular formula is C12H9BrClNO. The van der Waals surface area contributed by atoms with Gasteiger partial charge in [0.25, 0.3) is 0 Å². The third-order valence-corrected chi connectivity index (χ3v) is 3.20. The van der Waals surface area contributed by atoms with Gasteiger partial charge in [0.2, 0.25) is 5.88 Å². The molecule has 2 nitrogen and oxygen atoms in total. The standard InChI is InChI=1S/C12H9BrClNO/c1-8-9(13)6-7-12(15-8)16-11-5-3-2-4-10(11)14/h2-7H,1H3. The molecule has 0 fully saturated rings. The molecule has 0 saturated heterocycles. The average molecular weight is 299 g/mol. The van der Waals surface area contributed by atoms with E-state index < -0.39 is 0 Å². The van der Waals surface area contributed by atoms with Crippen LogP contribution in [-0.4, -0.2) is 4.98 Å². The number of hydrogen-bond donors (Lipinski definition) is 0. The zero-order chi connectivity index (χ0) is 11.5. The Hall–Kier alpha value is -1.06. The van der Waals surface area contributed by atoms with Gasteiger partial charge in [-0.1, -0.05) is 23.7 Å². The van der Waals surface area contributed by atoms with Crippen LogP contribution in [0.1, 0.15) is 5.69 Å². The first-order valence-electron chi connectivity index (χ1n) is 4.72. The fourth-order valence-corrected chi connectivity index (χ4v) is 1.61. The minimum absolute atomic E-state index is 0.536. The van der Waals surface area contributed by atoms with Gasteiger partial charge in [0.05, 0.1) is 10.7 Å². The van der Waals surface area contributed by atoms with Gasteiger partial charge in [-0.3, -0.25) is 0 Å². The van der Waals surface area contributed by atoms with Gasteiger partial charge in [0.1, 0.15) is 5.75 Å². The maximum Gasteiger partial charge on any atom is 0.219 e. The highest BCUT2D eigenvalue weighted by Gasteiger charge is 2.04. The number of benzene rings is 1. The smallest absolute Gasteiger partial charge is 0.219 e. The predicted octanol–water partition coefficient (Wildman–Crippen LogP) is 4.60. The summed E-state index contributed by atoms with van der Waals surface area (Å²) in [5.41, 5.74) is 0.879. The monoisotopic (exact) mass is 297 g/mol. The van der Waals surface area contributed by atoms with Gasteiger partial charge in [0, 0.05) is 10.5 Å². The zero-order valence-corrected chi connectivity index (χ0v) is 10.9. The maximum atomic E-state index is 5.98. The lowest BCUT2D eigenvalue weighted by molar-refractivity contribution is 0.461. The van der Waals surface area contributed by atoms with Crippen molar-refractivity contribution in [3.05, 3.63) is 51.6 Å². The number of ether oxygens (including phenoxy) is 1. The van der Waals surface area contributed by atoms with Gasteiger partial charge in [-0.25, -0.2) is 4.98 Å². The SMILES string of the molecule is Cc1nc(Oc2ccccc2Cl)ccc1Br. The maximum absolute atomic E-state index is 5.98. The van der Waals surface area contributed by atoms with Gasteiger partial charge in [0.15, 0.2) is 0 Å². The number of rotatable bonds is 2. The highest BCUT2D eigenvalue weighted by atomic mass is 79.9. The molecule has 0 aliphatic carbocycles. The summed E-state index contributed by atoms with van der Waals surface area (Å²) in [5, 5.41) is 0.574. The van der Waals surface area contributed by atoms with Gasteiger partial charge < -0.3 is 4.74 Å². The topological polar surface area (TPSA) is 22.1 Å². The van der Waals surface area contributed by atoms with Crippen molar-refractivity contribution in [1.82, 2.24) is 4.98 Å².